The molecule has 0 heterocycles. The van der Waals surface area contributed by atoms with Crippen molar-refractivity contribution in [3.8, 4) is 17.7 Å². The van der Waals surface area contributed by atoms with Gasteiger partial charge in [-0.1, -0.05) is 36.4 Å². The Morgan fingerprint density at radius 3 is 1.63 bits per heavy atom. The van der Waals surface area contributed by atoms with Gasteiger partial charge in [-0.3, -0.25) is 0 Å². The van der Waals surface area contributed by atoms with Crippen LogP contribution in [0.4, 0.5) is 26.3 Å². The van der Waals surface area contributed by atoms with Crippen molar-refractivity contribution in [2.75, 3.05) is 0 Å². The molecule has 6 nitrogen and oxygen atoms in total. The molecule has 1 aliphatic rings. The van der Waals surface area contributed by atoms with Crippen LogP contribution in [0, 0.1) is 18.0 Å². The predicted molar refractivity (Wildman–Crippen MR) is 123 cm³/mol. The number of halogens is 6. The van der Waals surface area contributed by atoms with E-state index in [1.807, 2.05) is 0 Å². The summed E-state index contributed by atoms with van der Waals surface area (Å²) < 4.78 is 91.3. The number of hydrogen-bond donors (Lipinski definition) is 0. The van der Waals surface area contributed by atoms with E-state index >= 15 is 0 Å². The second-order valence-corrected chi connectivity index (χ2v) is 7.57. The Morgan fingerprint density at radius 2 is 1.18 bits per heavy atom. The SMILES string of the molecule is [C-]#[N+]/N=C1/C(Oc2cccc(C(F)(F)F)c2)=C(Oc2cccc(C(F)(F)F)c2)C(=NC#N)c2ccccc21. The lowest BCUT2D eigenvalue weighted by molar-refractivity contribution is -0.138. The van der Waals surface area contributed by atoms with Crippen molar-refractivity contribution in [2.45, 2.75) is 12.4 Å². The number of allylic oxidation sites excluding steroid dienone is 2. The third kappa shape index (κ3) is 5.34. The molecule has 0 atom stereocenters. The smallest absolute Gasteiger partial charge is 0.416 e. The van der Waals surface area contributed by atoms with Crippen LogP contribution >= 0.6 is 0 Å². The summed E-state index contributed by atoms with van der Waals surface area (Å²) in [5.74, 6) is -1.53. The highest BCUT2D eigenvalue weighted by Crippen LogP contribution is 2.36. The van der Waals surface area contributed by atoms with Gasteiger partial charge in [0.1, 0.15) is 17.2 Å². The van der Waals surface area contributed by atoms with Crippen molar-refractivity contribution in [3.05, 3.63) is 118 Å². The molecule has 0 aromatic heterocycles. The maximum absolute atomic E-state index is 13.3. The Labute approximate surface area is 211 Å². The zero-order valence-corrected chi connectivity index (χ0v) is 18.8. The monoisotopic (exact) mass is 526 g/mol. The molecule has 4 rings (SSSR count). The largest absolute Gasteiger partial charge is 0.451 e. The van der Waals surface area contributed by atoms with Crippen LogP contribution in [0.2, 0.25) is 0 Å². The number of fused-ring (bicyclic) bond motifs is 1. The summed E-state index contributed by atoms with van der Waals surface area (Å²) in [6, 6.07) is 13.7. The summed E-state index contributed by atoms with van der Waals surface area (Å²) in [6.45, 7) is 7.24. The van der Waals surface area contributed by atoms with Crippen LogP contribution in [0.25, 0.3) is 4.95 Å². The maximum Gasteiger partial charge on any atom is 0.416 e. The van der Waals surface area contributed by atoms with Gasteiger partial charge < -0.3 is 9.47 Å². The molecule has 0 unspecified atom stereocenters. The molecule has 1 aliphatic carbocycles. The average Bonchev–Trinajstić information content (AvgIpc) is 2.87. The number of nitriles is 1. The number of benzene rings is 3. The Hall–Kier alpha value is -5.10. The average molecular weight is 526 g/mol. The van der Waals surface area contributed by atoms with Gasteiger partial charge in [0.05, 0.1) is 16.2 Å². The predicted octanol–water partition coefficient (Wildman–Crippen LogP) is 7.00. The molecular weight excluding hydrogens is 514 g/mol. The number of nitrogens with zero attached hydrogens (tertiary/aromatic N) is 4. The zero-order valence-electron chi connectivity index (χ0n) is 18.8. The summed E-state index contributed by atoms with van der Waals surface area (Å²) in [5, 5.41) is 13.1. The van der Waals surface area contributed by atoms with Crippen molar-refractivity contribution in [3.63, 3.8) is 0 Å². The molecule has 0 N–H and O–H groups in total. The van der Waals surface area contributed by atoms with Crippen LogP contribution in [0.3, 0.4) is 0 Å². The van der Waals surface area contributed by atoms with Gasteiger partial charge in [0, 0.05) is 11.1 Å². The van der Waals surface area contributed by atoms with Gasteiger partial charge in [0.25, 0.3) is 0 Å². The minimum Gasteiger partial charge on any atom is -0.451 e. The van der Waals surface area contributed by atoms with E-state index in [2.05, 4.69) is 15.0 Å². The topological polar surface area (TPSA) is 71.3 Å². The van der Waals surface area contributed by atoms with Crippen molar-refractivity contribution in [1.29, 1.82) is 5.26 Å². The molecule has 0 saturated carbocycles. The van der Waals surface area contributed by atoms with Crippen LogP contribution in [0.15, 0.2) is 94.4 Å². The lowest BCUT2D eigenvalue weighted by Crippen LogP contribution is -2.29. The Kier molecular flexibility index (Phi) is 6.91. The molecule has 190 valence electrons. The quantitative estimate of drug-likeness (QED) is 0.159. The highest BCUT2D eigenvalue weighted by atomic mass is 19.4. The van der Waals surface area contributed by atoms with Gasteiger partial charge in [-0.25, -0.2) is 0 Å². The number of alkyl halides is 6. The number of aliphatic imine (C=N–C) groups is 1. The number of rotatable bonds is 4. The highest BCUT2D eigenvalue weighted by molar-refractivity contribution is 6.29. The van der Waals surface area contributed by atoms with Crippen molar-refractivity contribution >= 4 is 11.4 Å². The van der Waals surface area contributed by atoms with Crippen LogP contribution in [-0.4, -0.2) is 11.4 Å². The lowest BCUT2D eigenvalue weighted by Gasteiger charge is -2.24. The fourth-order valence-electron chi connectivity index (χ4n) is 3.56. The molecule has 0 radical (unpaired) electrons. The van der Waals surface area contributed by atoms with E-state index in [9.17, 15) is 31.6 Å². The fourth-order valence-corrected chi connectivity index (χ4v) is 3.56. The molecule has 0 amide bonds. The van der Waals surface area contributed by atoms with Crippen molar-refractivity contribution < 1.29 is 35.8 Å². The van der Waals surface area contributed by atoms with E-state index < -0.39 is 35.0 Å². The van der Waals surface area contributed by atoms with Gasteiger partial charge in [-0.2, -0.15) is 43.2 Å². The van der Waals surface area contributed by atoms with E-state index in [1.165, 1.54) is 24.3 Å². The number of hydrogen-bond acceptors (Lipinski definition) is 5. The van der Waals surface area contributed by atoms with Gasteiger partial charge in [0.2, 0.25) is 12.0 Å². The molecule has 3 aromatic rings. The molecule has 12 heteroatoms. The van der Waals surface area contributed by atoms with Gasteiger partial charge in [0.15, 0.2) is 11.5 Å². The van der Waals surface area contributed by atoms with Crippen LogP contribution < -0.4 is 9.47 Å². The molecular formula is C26H12F6N4O2. The third-order valence-corrected chi connectivity index (χ3v) is 5.15. The second-order valence-electron chi connectivity index (χ2n) is 7.57. The standard InChI is InChI=1S/C26H12F6N4O2/c1-34-36-22-20-11-3-2-10-19(20)21(35-14-33)23(37-17-8-4-6-15(12-17)25(27,28)29)24(22)38-18-9-5-7-16(13-18)26(30,31)32/h2-13H/b35-21?,36-22+. The zero-order chi connectivity index (χ0) is 27.5. The van der Waals surface area contributed by atoms with E-state index in [0.29, 0.717) is 12.1 Å². The summed E-state index contributed by atoms with van der Waals surface area (Å²) in [7, 11) is 0. The van der Waals surface area contributed by atoms with Crippen molar-refractivity contribution in [1.82, 2.24) is 0 Å². The minimum atomic E-state index is -4.70. The Bertz CT molecular complexity index is 1460. The number of ether oxygens (including phenoxy) is 2. The van der Waals surface area contributed by atoms with E-state index in [-0.39, 0.29) is 34.0 Å². The summed E-state index contributed by atoms with van der Waals surface area (Å²) in [6.07, 6.45) is -7.83. The van der Waals surface area contributed by atoms with Gasteiger partial charge >= 0.3 is 12.4 Å². The van der Waals surface area contributed by atoms with Crippen LogP contribution in [0.1, 0.15) is 22.3 Å². The molecule has 0 bridgehead atoms. The van der Waals surface area contributed by atoms with E-state index in [0.717, 1.165) is 24.3 Å². The van der Waals surface area contributed by atoms with Gasteiger partial charge in [-0.15, -0.1) is 4.95 Å². The summed E-state index contributed by atoms with van der Waals surface area (Å²) in [5.41, 5.74) is -1.99. The molecule has 3 aromatic carbocycles. The van der Waals surface area contributed by atoms with E-state index in [1.54, 1.807) is 18.3 Å². The van der Waals surface area contributed by atoms with Gasteiger partial charge in [-0.05, 0) is 36.4 Å². The third-order valence-electron chi connectivity index (χ3n) is 5.15. The molecule has 0 spiro atoms. The summed E-state index contributed by atoms with van der Waals surface area (Å²) in [4.78, 5) is 6.74. The van der Waals surface area contributed by atoms with Crippen LogP contribution in [-0.2, 0) is 12.4 Å². The maximum atomic E-state index is 13.3. The first-order valence-corrected chi connectivity index (χ1v) is 10.5. The fraction of sp³-hybridized carbons (Fsp3) is 0.0769. The molecule has 38 heavy (non-hydrogen) atoms. The Morgan fingerprint density at radius 1 is 0.711 bits per heavy atom. The van der Waals surface area contributed by atoms with Crippen molar-refractivity contribution in [2.24, 2.45) is 10.1 Å². The molecule has 0 saturated heterocycles. The normalized spacial score (nSPS) is 15.6. The van der Waals surface area contributed by atoms with E-state index in [4.69, 9.17) is 16.0 Å². The first-order valence-electron chi connectivity index (χ1n) is 10.5. The minimum absolute atomic E-state index is 0.188. The summed E-state index contributed by atoms with van der Waals surface area (Å²) >= 11 is 0. The first-order chi connectivity index (χ1) is 18.0. The first kappa shape index (κ1) is 26.0. The molecule has 0 fully saturated rings. The van der Waals surface area contributed by atoms with Crippen LogP contribution in [0.5, 0.6) is 11.5 Å². The Balaban J connectivity index is 1.96. The second kappa shape index (κ2) is 10.1. The molecule has 0 aliphatic heterocycles. The highest BCUT2D eigenvalue weighted by Gasteiger charge is 2.37. The lowest BCUT2D eigenvalue weighted by atomic mass is 9.91.